The van der Waals surface area contributed by atoms with Crippen molar-refractivity contribution < 1.29 is 19.4 Å². The first-order valence-electron chi connectivity index (χ1n) is 7.64. The Morgan fingerprint density at radius 1 is 1.25 bits per heavy atom. The van der Waals surface area contributed by atoms with Crippen LogP contribution in [0.4, 0.5) is 0 Å². The summed E-state index contributed by atoms with van der Waals surface area (Å²) in [6.07, 6.45) is 3.15. The summed E-state index contributed by atoms with van der Waals surface area (Å²) in [5.41, 5.74) is 2.87. The first-order valence-corrected chi connectivity index (χ1v) is 7.64. The van der Waals surface area contributed by atoms with Crippen molar-refractivity contribution in [2.24, 2.45) is 0 Å². The Kier molecular flexibility index (Phi) is 5.28. The molecule has 1 heterocycles. The van der Waals surface area contributed by atoms with E-state index in [4.69, 9.17) is 9.47 Å². The van der Waals surface area contributed by atoms with E-state index in [-0.39, 0.29) is 23.0 Å². The number of rotatable bonds is 6. The number of phenols is 1. The zero-order valence-corrected chi connectivity index (χ0v) is 14.6. The molecule has 0 radical (unpaired) electrons. The number of carbonyl (C=O) groups excluding carboxylic acids is 1. The lowest BCUT2D eigenvalue weighted by Crippen LogP contribution is -2.02. The Balaban J connectivity index is 2.34. The Morgan fingerprint density at radius 3 is 2.29 bits per heavy atom. The van der Waals surface area contributed by atoms with E-state index < -0.39 is 0 Å². The Labute approximate surface area is 141 Å². The average Bonchev–Trinajstić information content (AvgIpc) is 2.87. The van der Waals surface area contributed by atoms with Gasteiger partial charge in [0.05, 0.1) is 25.5 Å². The van der Waals surface area contributed by atoms with E-state index in [1.165, 1.54) is 20.3 Å². The molecule has 0 saturated heterocycles. The predicted molar refractivity (Wildman–Crippen MR) is 92.0 cm³/mol. The van der Waals surface area contributed by atoms with Crippen molar-refractivity contribution in [1.82, 2.24) is 9.78 Å². The molecule has 2 aromatic rings. The highest BCUT2D eigenvalue weighted by atomic mass is 16.5. The van der Waals surface area contributed by atoms with Crippen LogP contribution in [0.5, 0.6) is 17.2 Å². The number of methoxy groups -OCH3 is 2. The number of ether oxygens (including phenoxy) is 2. The molecule has 0 spiro atoms. The fraction of sp³-hybridized carbons (Fsp3) is 0.333. The summed E-state index contributed by atoms with van der Waals surface area (Å²) < 4.78 is 12.0. The minimum atomic E-state index is -0.115. The fourth-order valence-electron chi connectivity index (χ4n) is 2.63. The number of hydrogen-bond acceptors (Lipinski definition) is 5. The number of allylic oxidation sites excluding steroid dienone is 1. The van der Waals surface area contributed by atoms with E-state index in [1.54, 1.807) is 18.2 Å². The second-order valence-electron chi connectivity index (χ2n) is 5.33. The largest absolute Gasteiger partial charge is 0.502 e. The molecule has 1 N–H and O–H groups in total. The molecule has 0 aliphatic heterocycles. The molecule has 128 valence electrons. The van der Waals surface area contributed by atoms with Crippen LogP contribution in [0.15, 0.2) is 18.2 Å². The van der Waals surface area contributed by atoms with Crippen LogP contribution in [0.2, 0.25) is 0 Å². The number of nitrogens with zero attached hydrogens (tertiary/aromatic N) is 2. The van der Waals surface area contributed by atoms with Crippen molar-refractivity contribution in [3.8, 4) is 17.2 Å². The summed E-state index contributed by atoms with van der Waals surface area (Å²) in [6.45, 7) is 6.42. The normalized spacial score (nSPS) is 11.0. The molecule has 0 bridgehead atoms. The maximum absolute atomic E-state index is 12.5. The summed E-state index contributed by atoms with van der Waals surface area (Å²) >= 11 is 0. The molecule has 0 atom stereocenters. The van der Waals surface area contributed by atoms with E-state index in [0.29, 0.717) is 16.8 Å². The van der Waals surface area contributed by atoms with Crippen molar-refractivity contribution in [1.29, 1.82) is 0 Å². The van der Waals surface area contributed by atoms with Crippen LogP contribution < -0.4 is 9.47 Å². The summed E-state index contributed by atoms with van der Waals surface area (Å²) in [7, 11) is 2.91. The van der Waals surface area contributed by atoms with Gasteiger partial charge in [-0.3, -0.25) is 9.48 Å². The zero-order valence-electron chi connectivity index (χ0n) is 14.6. The Hall–Kier alpha value is -2.76. The number of phenolic OH excluding ortho intramolecular Hbond substituents is 1. The van der Waals surface area contributed by atoms with E-state index in [1.807, 2.05) is 25.5 Å². The van der Waals surface area contributed by atoms with Crippen LogP contribution in [-0.2, 0) is 6.54 Å². The van der Waals surface area contributed by atoms with Gasteiger partial charge >= 0.3 is 0 Å². The topological polar surface area (TPSA) is 73.6 Å². The lowest BCUT2D eigenvalue weighted by atomic mass is 10.1. The minimum absolute atomic E-state index is 0.0700. The molecule has 0 aliphatic carbocycles. The number of ketones is 1. The molecule has 24 heavy (non-hydrogen) atoms. The van der Waals surface area contributed by atoms with Gasteiger partial charge in [0.1, 0.15) is 0 Å². The van der Waals surface area contributed by atoms with Crippen molar-refractivity contribution in [3.63, 3.8) is 0 Å². The molecule has 0 fully saturated rings. The van der Waals surface area contributed by atoms with Crippen molar-refractivity contribution in [3.05, 3.63) is 40.7 Å². The molecule has 6 heteroatoms. The third-order valence-electron chi connectivity index (χ3n) is 3.86. The SMILES string of the molecule is CCn1nc(C)c(C(=O)C=Cc2cc(OC)c(O)c(OC)c2)c1C. The van der Waals surface area contributed by atoms with Crippen molar-refractivity contribution in [2.45, 2.75) is 27.3 Å². The number of carbonyl (C=O) groups is 1. The minimum Gasteiger partial charge on any atom is -0.502 e. The fourth-order valence-corrected chi connectivity index (χ4v) is 2.63. The number of hydrogen-bond donors (Lipinski definition) is 1. The summed E-state index contributed by atoms with van der Waals surface area (Å²) in [5, 5.41) is 14.3. The highest BCUT2D eigenvalue weighted by Crippen LogP contribution is 2.37. The second-order valence-corrected chi connectivity index (χ2v) is 5.33. The maximum Gasteiger partial charge on any atom is 0.200 e. The van der Waals surface area contributed by atoms with Gasteiger partial charge in [0.15, 0.2) is 17.3 Å². The highest BCUT2D eigenvalue weighted by molar-refractivity contribution is 6.08. The molecule has 1 aromatic heterocycles. The smallest absolute Gasteiger partial charge is 0.200 e. The first kappa shape index (κ1) is 17.6. The number of aromatic hydroxyl groups is 1. The summed E-state index contributed by atoms with van der Waals surface area (Å²) in [4.78, 5) is 12.5. The maximum atomic E-state index is 12.5. The third-order valence-corrected chi connectivity index (χ3v) is 3.86. The van der Waals surface area contributed by atoms with E-state index in [9.17, 15) is 9.90 Å². The van der Waals surface area contributed by atoms with Gasteiger partial charge in [-0.2, -0.15) is 5.10 Å². The number of aryl methyl sites for hydroxylation is 2. The van der Waals surface area contributed by atoms with E-state index >= 15 is 0 Å². The molecule has 0 amide bonds. The summed E-state index contributed by atoms with van der Waals surface area (Å²) in [5.74, 6) is 0.385. The predicted octanol–water partition coefficient (Wildman–Crippen LogP) is 3.14. The van der Waals surface area contributed by atoms with Gasteiger partial charge in [-0.15, -0.1) is 0 Å². The van der Waals surface area contributed by atoms with E-state index in [0.717, 1.165) is 12.2 Å². The third kappa shape index (κ3) is 3.27. The van der Waals surface area contributed by atoms with Gasteiger partial charge in [0.25, 0.3) is 0 Å². The molecule has 6 nitrogen and oxygen atoms in total. The van der Waals surface area contributed by atoms with Crippen LogP contribution in [0.25, 0.3) is 6.08 Å². The Morgan fingerprint density at radius 2 is 1.83 bits per heavy atom. The van der Waals surface area contributed by atoms with Crippen LogP contribution in [0.1, 0.15) is 34.2 Å². The Bertz CT molecular complexity index is 766. The average molecular weight is 330 g/mol. The number of benzene rings is 1. The quantitative estimate of drug-likeness (QED) is 0.650. The lowest BCUT2D eigenvalue weighted by Gasteiger charge is -2.09. The van der Waals surface area contributed by atoms with Gasteiger partial charge in [0.2, 0.25) is 5.75 Å². The van der Waals surface area contributed by atoms with Crippen LogP contribution in [0.3, 0.4) is 0 Å². The molecule has 2 rings (SSSR count). The molecular formula is C18H22N2O4. The van der Waals surface area contributed by atoms with Crippen molar-refractivity contribution in [2.75, 3.05) is 14.2 Å². The van der Waals surface area contributed by atoms with Crippen molar-refractivity contribution >= 4 is 11.9 Å². The van der Waals surface area contributed by atoms with Gasteiger partial charge in [0, 0.05) is 12.2 Å². The second kappa shape index (κ2) is 7.21. The standard InChI is InChI=1S/C18H22N2O4/c1-6-20-12(3)17(11(2)19-20)14(21)8-7-13-9-15(23-4)18(22)16(10-13)24-5/h7-10,22H,6H2,1-5H3. The molecule has 1 aromatic carbocycles. The first-order chi connectivity index (χ1) is 11.4. The van der Waals surface area contributed by atoms with E-state index in [2.05, 4.69) is 5.10 Å². The molecule has 0 aliphatic rings. The molecule has 0 unspecified atom stereocenters. The lowest BCUT2D eigenvalue weighted by molar-refractivity contribution is 0.104. The van der Waals surface area contributed by atoms with Gasteiger partial charge < -0.3 is 14.6 Å². The van der Waals surface area contributed by atoms with Gasteiger partial charge in [-0.05, 0) is 44.5 Å². The van der Waals surface area contributed by atoms with Crippen LogP contribution in [-0.4, -0.2) is 34.9 Å². The monoisotopic (exact) mass is 330 g/mol. The zero-order chi connectivity index (χ0) is 17.9. The highest BCUT2D eigenvalue weighted by Gasteiger charge is 2.16. The van der Waals surface area contributed by atoms with Crippen LogP contribution in [0, 0.1) is 13.8 Å². The summed E-state index contributed by atoms with van der Waals surface area (Å²) in [6, 6.07) is 3.27. The number of aromatic nitrogens is 2. The molecule has 0 saturated carbocycles. The van der Waals surface area contributed by atoms with Gasteiger partial charge in [-0.1, -0.05) is 6.08 Å². The van der Waals surface area contributed by atoms with Crippen LogP contribution >= 0.6 is 0 Å². The molecular weight excluding hydrogens is 308 g/mol. The van der Waals surface area contributed by atoms with Gasteiger partial charge in [-0.25, -0.2) is 0 Å².